The molecule has 1 aliphatic rings. The highest BCUT2D eigenvalue weighted by molar-refractivity contribution is 5.72. The average Bonchev–Trinajstić information content (AvgIpc) is 2.64. The third-order valence-corrected chi connectivity index (χ3v) is 3.05. The fourth-order valence-electron chi connectivity index (χ4n) is 2.05. The molecule has 1 rings (SSSR count). The van der Waals surface area contributed by atoms with Crippen LogP contribution in [0.2, 0.25) is 0 Å². The average molecular weight is 213 g/mol. The fraction of sp³-hybridized carbons (Fsp3) is 0.917. The second-order valence-corrected chi connectivity index (χ2v) is 4.50. The highest BCUT2D eigenvalue weighted by atomic mass is 16.5. The fourth-order valence-corrected chi connectivity index (χ4v) is 2.05. The Morgan fingerprint density at radius 3 is 2.73 bits per heavy atom. The third-order valence-electron chi connectivity index (χ3n) is 3.05. The lowest BCUT2D eigenvalue weighted by Gasteiger charge is -2.09. The van der Waals surface area contributed by atoms with Gasteiger partial charge < -0.3 is 10.5 Å². The van der Waals surface area contributed by atoms with Crippen molar-refractivity contribution in [2.24, 2.45) is 11.7 Å². The molecule has 0 amide bonds. The molecule has 15 heavy (non-hydrogen) atoms. The van der Waals surface area contributed by atoms with Crippen LogP contribution in [0.3, 0.4) is 0 Å². The van der Waals surface area contributed by atoms with Crippen molar-refractivity contribution < 1.29 is 9.53 Å². The summed E-state index contributed by atoms with van der Waals surface area (Å²) in [7, 11) is 0. The number of nitrogens with two attached hydrogens (primary N) is 1. The first-order valence-corrected chi connectivity index (χ1v) is 6.16. The maximum absolute atomic E-state index is 11.5. The Bertz CT molecular complexity index is 194. The van der Waals surface area contributed by atoms with Gasteiger partial charge in [0.2, 0.25) is 0 Å². The molecule has 0 saturated heterocycles. The molecule has 0 heterocycles. The lowest BCUT2D eigenvalue weighted by Crippen LogP contribution is -2.19. The molecule has 3 nitrogen and oxygen atoms in total. The van der Waals surface area contributed by atoms with Crippen LogP contribution in [0.1, 0.15) is 51.9 Å². The zero-order valence-corrected chi connectivity index (χ0v) is 9.71. The van der Waals surface area contributed by atoms with Crippen LogP contribution in [-0.2, 0) is 9.53 Å². The molecule has 2 N–H and O–H groups in total. The molecular formula is C12H23NO2. The van der Waals surface area contributed by atoms with E-state index >= 15 is 0 Å². The maximum Gasteiger partial charge on any atom is 0.308 e. The van der Waals surface area contributed by atoms with Gasteiger partial charge in [0, 0.05) is 6.04 Å². The molecule has 0 aliphatic heterocycles. The summed E-state index contributed by atoms with van der Waals surface area (Å²) in [5.74, 6) is 0.0469. The molecule has 88 valence electrons. The molecule has 0 aromatic heterocycles. The molecule has 0 radical (unpaired) electrons. The molecule has 0 aromatic carbocycles. The quantitative estimate of drug-likeness (QED) is 0.544. The Morgan fingerprint density at radius 2 is 2.13 bits per heavy atom. The summed E-state index contributed by atoms with van der Waals surface area (Å²) in [5.41, 5.74) is 5.75. The van der Waals surface area contributed by atoms with Crippen molar-refractivity contribution in [1.82, 2.24) is 0 Å². The molecule has 3 heteroatoms. The van der Waals surface area contributed by atoms with Crippen LogP contribution in [0.4, 0.5) is 0 Å². The van der Waals surface area contributed by atoms with Gasteiger partial charge in [0.05, 0.1) is 12.5 Å². The van der Waals surface area contributed by atoms with Crippen LogP contribution in [0.25, 0.3) is 0 Å². The number of ether oxygens (including phenoxy) is 1. The van der Waals surface area contributed by atoms with Gasteiger partial charge in [0.1, 0.15) is 0 Å². The van der Waals surface area contributed by atoms with Gasteiger partial charge in [-0.1, -0.05) is 26.2 Å². The highest BCUT2D eigenvalue weighted by Gasteiger charge is 2.28. The Morgan fingerprint density at radius 1 is 1.33 bits per heavy atom. The van der Waals surface area contributed by atoms with Gasteiger partial charge in [-0.15, -0.1) is 0 Å². The van der Waals surface area contributed by atoms with Crippen molar-refractivity contribution in [3.05, 3.63) is 0 Å². The second kappa shape index (κ2) is 6.83. The molecular weight excluding hydrogens is 190 g/mol. The summed E-state index contributed by atoms with van der Waals surface area (Å²) < 4.78 is 5.23. The Hall–Kier alpha value is -0.570. The number of hydrogen-bond acceptors (Lipinski definition) is 3. The van der Waals surface area contributed by atoms with Gasteiger partial charge in [-0.05, 0) is 25.7 Å². The zero-order chi connectivity index (χ0) is 11.1. The van der Waals surface area contributed by atoms with E-state index in [4.69, 9.17) is 10.5 Å². The predicted molar refractivity (Wildman–Crippen MR) is 60.4 cm³/mol. The van der Waals surface area contributed by atoms with E-state index in [0.29, 0.717) is 6.61 Å². The number of rotatable bonds is 6. The van der Waals surface area contributed by atoms with Gasteiger partial charge in [-0.25, -0.2) is 0 Å². The number of esters is 1. The van der Waals surface area contributed by atoms with E-state index in [1.54, 1.807) is 0 Å². The van der Waals surface area contributed by atoms with Crippen LogP contribution in [-0.4, -0.2) is 18.6 Å². The lowest BCUT2D eigenvalue weighted by molar-refractivity contribution is -0.148. The standard InChI is InChI=1S/C12H23NO2/c1-2-3-4-5-8-15-12(14)10-6-7-11(13)9-10/h10-11H,2-9,13H2,1H3/t10-,11+/m1/s1. The normalized spacial score (nSPS) is 25.5. The summed E-state index contributed by atoms with van der Waals surface area (Å²) in [5, 5.41) is 0. The Balaban J connectivity index is 2.03. The van der Waals surface area contributed by atoms with Crippen molar-refractivity contribution in [1.29, 1.82) is 0 Å². The van der Waals surface area contributed by atoms with E-state index in [-0.39, 0.29) is 17.9 Å². The Kier molecular flexibility index (Phi) is 5.69. The van der Waals surface area contributed by atoms with Crippen molar-refractivity contribution in [2.75, 3.05) is 6.61 Å². The lowest BCUT2D eigenvalue weighted by atomic mass is 10.1. The topological polar surface area (TPSA) is 52.3 Å². The van der Waals surface area contributed by atoms with Crippen LogP contribution >= 0.6 is 0 Å². The van der Waals surface area contributed by atoms with Gasteiger partial charge >= 0.3 is 5.97 Å². The second-order valence-electron chi connectivity index (χ2n) is 4.50. The minimum absolute atomic E-state index is 0.0283. The monoisotopic (exact) mass is 213 g/mol. The molecule has 2 atom stereocenters. The third kappa shape index (κ3) is 4.65. The first kappa shape index (κ1) is 12.5. The molecule has 0 spiro atoms. The van der Waals surface area contributed by atoms with Gasteiger partial charge in [0.25, 0.3) is 0 Å². The minimum Gasteiger partial charge on any atom is -0.465 e. The van der Waals surface area contributed by atoms with E-state index in [9.17, 15) is 4.79 Å². The summed E-state index contributed by atoms with van der Waals surface area (Å²) in [6.07, 6.45) is 7.29. The van der Waals surface area contributed by atoms with E-state index in [1.807, 2.05) is 0 Å². The minimum atomic E-state index is -0.0283. The van der Waals surface area contributed by atoms with Crippen molar-refractivity contribution in [3.8, 4) is 0 Å². The van der Waals surface area contributed by atoms with E-state index in [0.717, 1.165) is 32.1 Å². The summed E-state index contributed by atoms with van der Waals surface area (Å²) in [4.78, 5) is 11.5. The zero-order valence-electron chi connectivity index (χ0n) is 9.71. The first-order valence-electron chi connectivity index (χ1n) is 6.16. The van der Waals surface area contributed by atoms with Crippen molar-refractivity contribution in [3.63, 3.8) is 0 Å². The van der Waals surface area contributed by atoms with Gasteiger partial charge in [0.15, 0.2) is 0 Å². The Labute approximate surface area is 92.4 Å². The summed E-state index contributed by atoms with van der Waals surface area (Å²) >= 11 is 0. The number of carbonyl (C=O) groups is 1. The number of hydrogen-bond donors (Lipinski definition) is 1. The maximum atomic E-state index is 11.5. The van der Waals surface area contributed by atoms with Crippen molar-refractivity contribution in [2.45, 2.75) is 57.9 Å². The van der Waals surface area contributed by atoms with Crippen LogP contribution in [0.15, 0.2) is 0 Å². The SMILES string of the molecule is CCCCCCOC(=O)[C@@H]1CC[C@H](N)C1. The summed E-state index contributed by atoms with van der Waals surface area (Å²) in [6, 6.07) is 0.211. The smallest absolute Gasteiger partial charge is 0.308 e. The number of carbonyl (C=O) groups excluding carboxylic acids is 1. The molecule has 1 saturated carbocycles. The molecule has 0 bridgehead atoms. The molecule has 1 fully saturated rings. The van der Waals surface area contributed by atoms with E-state index in [1.165, 1.54) is 12.8 Å². The number of unbranched alkanes of at least 4 members (excludes halogenated alkanes) is 3. The predicted octanol–water partition coefficient (Wildman–Crippen LogP) is 2.24. The first-order chi connectivity index (χ1) is 7.24. The van der Waals surface area contributed by atoms with Crippen LogP contribution in [0.5, 0.6) is 0 Å². The molecule has 1 aliphatic carbocycles. The molecule has 0 aromatic rings. The highest BCUT2D eigenvalue weighted by Crippen LogP contribution is 2.25. The van der Waals surface area contributed by atoms with Gasteiger partial charge in [-0.3, -0.25) is 4.79 Å². The van der Waals surface area contributed by atoms with Crippen molar-refractivity contribution >= 4 is 5.97 Å². The van der Waals surface area contributed by atoms with E-state index < -0.39 is 0 Å². The largest absolute Gasteiger partial charge is 0.465 e. The molecule has 0 unspecified atom stereocenters. The van der Waals surface area contributed by atoms with Crippen LogP contribution in [0, 0.1) is 5.92 Å². The van der Waals surface area contributed by atoms with Gasteiger partial charge in [-0.2, -0.15) is 0 Å². The van der Waals surface area contributed by atoms with E-state index in [2.05, 4.69) is 6.92 Å². The van der Waals surface area contributed by atoms with Crippen LogP contribution < -0.4 is 5.73 Å². The summed E-state index contributed by atoms with van der Waals surface area (Å²) in [6.45, 7) is 2.76.